The molecule has 0 fully saturated rings. The van der Waals surface area contributed by atoms with E-state index in [0.717, 1.165) is 69.7 Å². The van der Waals surface area contributed by atoms with Gasteiger partial charge in [-0.1, -0.05) is 109 Å². The number of anilines is 12. The van der Waals surface area contributed by atoms with Crippen LogP contribution in [0.4, 0.5) is 68.2 Å². The van der Waals surface area contributed by atoms with Gasteiger partial charge in [-0.05, 0) is 91.4 Å². The quantitative estimate of drug-likeness (QED) is 0.100. The molecule has 360 valence electrons. The third-order valence-corrected chi connectivity index (χ3v) is 10.8. The summed E-state index contributed by atoms with van der Waals surface area (Å²) < 4.78 is 0. The van der Waals surface area contributed by atoms with Crippen molar-refractivity contribution in [1.82, 2.24) is 9.80 Å². The Hall–Kier alpha value is -0.824. The van der Waals surface area contributed by atoms with E-state index >= 15 is 0 Å². The summed E-state index contributed by atoms with van der Waals surface area (Å²) in [5.41, 5.74) is 16.6. The van der Waals surface area contributed by atoms with Crippen LogP contribution in [0.1, 0.15) is 50.7 Å². The van der Waals surface area contributed by atoms with Gasteiger partial charge in [-0.25, -0.2) is 0 Å². The molecule has 18 heteroatoms. The van der Waals surface area contributed by atoms with E-state index in [1.807, 2.05) is 0 Å². The molecule has 0 atom stereocenters. The van der Waals surface area contributed by atoms with Crippen molar-refractivity contribution >= 4 is 192 Å². The van der Waals surface area contributed by atoms with E-state index in [1.54, 1.807) is 0 Å². The van der Waals surface area contributed by atoms with E-state index in [9.17, 15) is 0 Å². The van der Waals surface area contributed by atoms with Crippen LogP contribution in [-0.2, 0) is 12.8 Å². The topological polar surface area (TPSA) is 18.3 Å². The summed E-state index contributed by atoms with van der Waals surface area (Å²) in [4.78, 5) is 9.68. The van der Waals surface area contributed by atoms with E-state index in [-0.39, 0.29) is 0 Å². The number of hydrogen-bond acceptors (Lipinski definition) is 4. The molecule has 7 aromatic carbocycles. The van der Waals surface area contributed by atoms with Gasteiger partial charge in [-0.15, -0.1) is 0 Å². The summed E-state index contributed by atoms with van der Waals surface area (Å²) in [6.07, 6.45) is 7.06. The number of nitrogens with zero attached hydrogens (tertiary/aromatic N) is 4. The number of fused-ring (bicyclic) bond motifs is 4. The Labute approximate surface area is 439 Å². The zero-order chi connectivity index (χ0) is 49.3. The molecular weight excluding hydrogens is 1330 g/mol. The first-order valence-electron chi connectivity index (χ1n) is 21.6. The first-order chi connectivity index (χ1) is 31.6. The second-order valence-corrected chi connectivity index (χ2v) is 130. The van der Waals surface area contributed by atoms with Crippen LogP contribution in [0.25, 0.3) is 0 Å². The molecule has 2 heterocycles. The summed E-state index contributed by atoms with van der Waals surface area (Å²) in [5, 5.41) is 0. The molecule has 0 aromatic heterocycles. The average Bonchev–Trinajstić information content (AvgIpc) is 3.27. The molecule has 2 radical (unpaired) electrons. The van der Waals surface area contributed by atoms with Gasteiger partial charge in [0.05, 0.1) is 6.07 Å². The Bertz CT molecular complexity index is 2590. The first-order valence-corrected chi connectivity index (χ1v) is 60.4. The zero-order valence-corrected chi connectivity index (χ0v) is 50.8. The predicted octanol–water partition coefficient (Wildman–Crippen LogP) is 22.3. The Morgan fingerprint density at radius 3 is 0.882 bits per heavy atom. The van der Waals surface area contributed by atoms with Crippen LogP contribution >= 0.6 is 106 Å². The number of halogens is 12. The number of benzene rings is 7. The fourth-order valence-corrected chi connectivity index (χ4v) is 8.16. The van der Waals surface area contributed by atoms with Crippen LogP contribution in [0.3, 0.4) is 0 Å². The van der Waals surface area contributed by atoms with E-state index in [1.165, 1.54) is 48.2 Å². The standard InChI is InChI=1S/C50H46N4.12ClH.2Sb/c1-3-5-16-37-28-32-39(33-29-37)51-43-20-7-11-24-47(43)53(48-25-12-8-21-44(48)51)41-18-15-19-42(36-41)54-49-26-13-9-22-45(49)52(46-23-10-14-27-50(46)54)40-34-30-38(31-35-40)17-6-4-2;;;;;;;;;;;;;;/h7-15,18-36H,3-6,16-17H2,1-2H3;12*1H;;/q+2;;;;;;;;;;;;;2*+5/p-12. The first kappa shape index (κ1) is 54.9. The third-order valence-electron chi connectivity index (χ3n) is 10.8. The number of para-hydroxylation sites is 8. The number of rotatable bonds is 10. The van der Waals surface area contributed by atoms with Crippen LogP contribution in [0, 0.1) is 0 Å². The van der Waals surface area contributed by atoms with Crippen molar-refractivity contribution in [2.45, 2.75) is 52.4 Å². The van der Waals surface area contributed by atoms with Crippen molar-refractivity contribution in [3.63, 3.8) is 0 Å². The molecular formula is C50H46Cl12N4Sb2. The maximum atomic E-state index is 5.06. The molecule has 0 bridgehead atoms. The average molecular weight is 1370 g/mol. The molecule has 0 N–H and O–H groups in total. The summed E-state index contributed by atoms with van der Waals surface area (Å²) in [6.45, 7) is 4.51. The van der Waals surface area contributed by atoms with Gasteiger partial charge in [-0.3, -0.25) is 9.80 Å². The molecule has 0 unspecified atom stereocenters. The molecule has 2 aliphatic rings. The van der Waals surface area contributed by atoms with Gasteiger partial charge < -0.3 is 0 Å². The van der Waals surface area contributed by atoms with Crippen molar-refractivity contribution < 1.29 is 0 Å². The molecule has 9 rings (SSSR count). The van der Waals surface area contributed by atoms with Gasteiger partial charge in [0.25, 0.3) is 0 Å². The Morgan fingerprint density at radius 1 is 0.353 bits per heavy atom. The van der Waals surface area contributed by atoms with Crippen molar-refractivity contribution in [1.29, 1.82) is 0 Å². The van der Waals surface area contributed by atoms with Crippen LogP contribution in [0.15, 0.2) is 170 Å². The van der Waals surface area contributed by atoms with Gasteiger partial charge >= 0.3 is 124 Å². The monoisotopic (exact) mass is 1360 g/mol. The van der Waals surface area contributed by atoms with Crippen molar-refractivity contribution in [3.05, 3.63) is 181 Å². The summed E-state index contributed by atoms with van der Waals surface area (Å²) in [5.74, 6) is 0. The number of hydrogen-bond donors (Lipinski definition) is 0. The predicted molar refractivity (Wildman–Crippen MR) is 310 cm³/mol. The second kappa shape index (κ2) is 20.5. The van der Waals surface area contributed by atoms with E-state index in [4.69, 9.17) is 106 Å². The molecule has 0 spiro atoms. The third kappa shape index (κ3) is 16.1. The van der Waals surface area contributed by atoms with Gasteiger partial charge in [0, 0.05) is 47.8 Å². The Kier molecular flexibility index (Phi) is 16.5. The van der Waals surface area contributed by atoms with Crippen molar-refractivity contribution in [2.75, 3.05) is 9.80 Å². The van der Waals surface area contributed by atoms with Crippen molar-refractivity contribution in [3.8, 4) is 0 Å². The SMILES string of the molecule is CCCCc1ccc(N2c3ccccc3[N+](c3cccc([N+]4c5ccccc5N(c5ccc(CCCC)cc5)c5ccccc54)c3)c3ccccc32)cc1.[Cl][Sb-]([Cl])([Cl])([Cl])([Cl])[Cl].[Cl][Sb-]([Cl])([Cl])([Cl])([Cl])[Cl]. The normalized spacial score (nSPS) is 15.6. The number of unbranched alkanes of at least 4 members (excludes halogenated alkanes) is 2. The Morgan fingerprint density at radius 2 is 0.618 bits per heavy atom. The van der Waals surface area contributed by atoms with E-state index in [0.29, 0.717) is 0 Å². The number of aryl methyl sites for hydroxylation is 2. The minimum absolute atomic E-state index is 1.11. The summed E-state index contributed by atoms with van der Waals surface area (Å²) >= 11 is 0. The molecule has 0 saturated carbocycles. The fraction of sp³-hybridized carbons (Fsp3) is 0.160. The van der Waals surface area contributed by atoms with Crippen LogP contribution in [0.2, 0.25) is 0 Å². The van der Waals surface area contributed by atoms with Crippen LogP contribution in [-0.4, -0.2) is 18.3 Å². The fourth-order valence-electron chi connectivity index (χ4n) is 8.16. The molecule has 0 saturated heterocycles. The van der Waals surface area contributed by atoms with Gasteiger partial charge in [0.2, 0.25) is 22.7 Å². The van der Waals surface area contributed by atoms with Crippen molar-refractivity contribution in [2.24, 2.45) is 0 Å². The molecule has 2 aliphatic heterocycles. The zero-order valence-electron chi connectivity index (χ0n) is 36.6. The second-order valence-electron chi connectivity index (χ2n) is 16.3. The van der Waals surface area contributed by atoms with Gasteiger partial charge in [0.1, 0.15) is 22.7 Å². The van der Waals surface area contributed by atoms with E-state index < -0.39 is 18.3 Å². The summed E-state index contributed by atoms with van der Waals surface area (Å²) in [6, 6.07) is 62.5. The minimum atomic E-state index is -5.42. The van der Waals surface area contributed by atoms with E-state index in [2.05, 4.69) is 203 Å². The molecule has 4 nitrogen and oxygen atoms in total. The Balaban J connectivity index is 0.000000428. The molecule has 68 heavy (non-hydrogen) atoms. The van der Waals surface area contributed by atoms with Crippen LogP contribution in [0.5, 0.6) is 0 Å². The molecule has 0 amide bonds. The maximum absolute atomic E-state index is 5.42. The van der Waals surface area contributed by atoms with Gasteiger partial charge in [-0.2, -0.15) is 0 Å². The molecule has 7 aromatic rings. The van der Waals surface area contributed by atoms with Gasteiger partial charge in [0.15, 0.2) is 11.4 Å². The van der Waals surface area contributed by atoms with Crippen LogP contribution < -0.4 is 19.6 Å². The molecule has 0 aliphatic carbocycles. The summed E-state index contributed by atoms with van der Waals surface area (Å²) in [7, 11) is 49.9.